The second-order valence-corrected chi connectivity index (χ2v) is 17.1. The van der Waals surface area contributed by atoms with Gasteiger partial charge in [-0.25, -0.2) is 0 Å². The SMILES string of the molecule is CCC1OC(O[C@H]2C(OP(C)P)OC(CC)[C@@H](O[C@@H]3OC4COC(c5ccccc5)O[C@H]4[C@H](C)C3C)[C@@H]2C)[C@@H](C)[C@@H](C)[C@@H]1C. The van der Waals surface area contributed by atoms with E-state index in [1.807, 2.05) is 30.3 Å². The van der Waals surface area contributed by atoms with E-state index in [9.17, 15) is 0 Å². The summed E-state index contributed by atoms with van der Waals surface area (Å²) in [6.07, 6.45) is -0.770. The molecule has 4 aliphatic rings. The fourth-order valence-corrected chi connectivity index (χ4v) is 8.26. The maximum Gasteiger partial charge on any atom is 0.188 e. The molecule has 0 aromatic heterocycles. The third-order valence-corrected chi connectivity index (χ3v) is 11.7. The summed E-state index contributed by atoms with van der Waals surface area (Å²) >= 11 is 0. The maximum atomic E-state index is 6.94. The van der Waals surface area contributed by atoms with Gasteiger partial charge in [0.25, 0.3) is 0 Å². The van der Waals surface area contributed by atoms with Crippen molar-refractivity contribution in [1.29, 1.82) is 0 Å². The molecule has 250 valence electrons. The van der Waals surface area contributed by atoms with Crippen LogP contribution in [-0.2, 0) is 37.7 Å². The van der Waals surface area contributed by atoms with E-state index in [1.165, 1.54) is 0 Å². The molecule has 4 fully saturated rings. The Balaban J connectivity index is 1.31. The van der Waals surface area contributed by atoms with Crippen molar-refractivity contribution in [2.45, 2.75) is 130 Å². The van der Waals surface area contributed by atoms with Crippen LogP contribution in [0.2, 0.25) is 0 Å². The zero-order valence-electron chi connectivity index (χ0n) is 28.0. The molecule has 44 heavy (non-hydrogen) atoms. The molecule has 1 aromatic rings. The molecule has 0 radical (unpaired) electrons. The number of hydrogen-bond acceptors (Lipinski definition) is 8. The van der Waals surface area contributed by atoms with E-state index in [2.05, 4.69) is 71.0 Å². The second-order valence-electron chi connectivity index (χ2n) is 13.6. The van der Waals surface area contributed by atoms with Crippen LogP contribution in [0.15, 0.2) is 30.3 Å². The van der Waals surface area contributed by atoms with E-state index in [0.29, 0.717) is 18.4 Å². The first-order chi connectivity index (χ1) is 21.0. The van der Waals surface area contributed by atoms with Gasteiger partial charge in [0.1, 0.15) is 12.2 Å². The Labute approximate surface area is 268 Å². The Hall–Kier alpha value is -0.240. The zero-order valence-corrected chi connectivity index (χ0v) is 30.1. The van der Waals surface area contributed by atoms with Crippen LogP contribution in [0.1, 0.15) is 80.1 Å². The normalized spacial score (nSPS) is 47.1. The number of rotatable bonds is 9. The molecule has 18 atom stereocenters. The summed E-state index contributed by atoms with van der Waals surface area (Å²) in [7, 11) is 2.03. The molecular formula is C34H56O8P2. The number of benzene rings is 1. The van der Waals surface area contributed by atoms with E-state index in [-0.39, 0.29) is 72.9 Å². The van der Waals surface area contributed by atoms with Gasteiger partial charge in [0.15, 0.2) is 25.2 Å². The molecule has 0 amide bonds. The quantitative estimate of drug-likeness (QED) is 0.253. The molecule has 0 N–H and O–H groups in total. The van der Waals surface area contributed by atoms with Gasteiger partial charge in [-0.3, -0.25) is 0 Å². The molecule has 4 aliphatic heterocycles. The lowest BCUT2D eigenvalue weighted by atomic mass is 9.78. The summed E-state index contributed by atoms with van der Waals surface area (Å²) in [5.41, 5.74) is 1.03. The van der Waals surface area contributed by atoms with E-state index in [4.69, 9.17) is 37.7 Å². The summed E-state index contributed by atoms with van der Waals surface area (Å²) in [5.74, 6) is 1.50. The first kappa shape index (κ1) is 35.1. The van der Waals surface area contributed by atoms with Gasteiger partial charge < -0.3 is 37.7 Å². The summed E-state index contributed by atoms with van der Waals surface area (Å²) < 4.78 is 52.7. The van der Waals surface area contributed by atoms with E-state index in [1.54, 1.807) is 0 Å². The second kappa shape index (κ2) is 15.3. The molecule has 0 saturated carbocycles. The van der Waals surface area contributed by atoms with Crippen molar-refractivity contribution in [3.8, 4) is 0 Å². The van der Waals surface area contributed by atoms with Crippen LogP contribution in [0.25, 0.3) is 0 Å². The van der Waals surface area contributed by atoms with Crippen LogP contribution < -0.4 is 0 Å². The van der Waals surface area contributed by atoms with Gasteiger partial charge in [0.2, 0.25) is 0 Å². The lowest BCUT2D eigenvalue weighted by Crippen LogP contribution is -2.61. The molecule has 9 unspecified atom stereocenters. The van der Waals surface area contributed by atoms with Crippen LogP contribution in [0.3, 0.4) is 0 Å². The standard InChI is InChI=1S/C34H56O8P2/c1-10-25-19(4)18(3)21(6)31(36-25)41-30-23(8)29(26(11-2)37-34(30)42-44(9)43)39-32-22(7)20(5)28-27(38-32)17-35-33(40-28)24-15-13-12-14-16-24/h12-16,18-23,25-34H,10-11,17,43H2,1-9H3/t18-,19-,20+,21-,22?,23-,25?,26?,27?,28-,29-,30+,31?,32-,33?,34?,44?/m0/s1. The van der Waals surface area contributed by atoms with E-state index >= 15 is 0 Å². The molecule has 5 rings (SSSR count). The van der Waals surface area contributed by atoms with Gasteiger partial charge in [-0.1, -0.05) is 94.7 Å². The van der Waals surface area contributed by atoms with Gasteiger partial charge >= 0.3 is 0 Å². The van der Waals surface area contributed by atoms with Crippen molar-refractivity contribution in [2.75, 3.05) is 13.3 Å². The Morgan fingerprint density at radius 2 is 1.32 bits per heavy atom. The molecule has 4 heterocycles. The predicted octanol–water partition coefficient (Wildman–Crippen LogP) is 7.52. The predicted molar refractivity (Wildman–Crippen MR) is 175 cm³/mol. The average Bonchev–Trinajstić information content (AvgIpc) is 3.02. The molecular weight excluding hydrogens is 598 g/mol. The largest absolute Gasteiger partial charge is 0.349 e. The monoisotopic (exact) mass is 654 g/mol. The summed E-state index contributed by atoms with van der Waals surface area (Å²) in [6.45, 7) is 20.3. The van der Waals surface area contributed by atoms with Crippen LogP contribution in [0.5, 0.6) is 0 Å². The van der Waals surface area contributed by atoms with Crippen molar-refractivity contribution >= 4 is 16.8 Å². The highest BCUT2D eigenvalue weighted by Crippen LogP contribution is 2.48. The van der Waals surface area contributed by atoms with Crippen molar-refractivity contribution in [3.05, 3.63) is 35.9 Å². The molecule has 0 bridgehead atoms. The highest BCUT2D eigenvalue weighted by molar-refractivity contribution is 8.10. The topological polar surface area (TPSA) is 73.8 Å². The molecule has 10 heteroatoms. The van der Waals surface area contributed by atoms with Crippen LogP contribution in [0.4, 0.5) is 0 Å². The van der Waals surface area contributed by atoms with Crippen molar-refractivity contribution in [2.24, 2.45) is 35.5 Å². The minimum atomic E-state index is -0.751. The maximum absolute atomic E-state index is 6.94. The van der Waals surface area contributed by atoms with Crippen LogP contribution in [-0.4, -0.2) is 68.8 Å². The van der Waals surface area contributed by atoms with Gasteiger partial charge in [-0.15, -0.1) is 0 Å². The highest BCUT2D eigenvalue weighted by atomic mass is 32.0. The Morgan fingerprint density at radius 3 is 1.98 bits per heavy atom. The van der Waals surface area contributed by atoms with Crippen molar-refractivity contribution < 1.29 is 37.7 Å². The Morgan fingerprint density at radius 1 is 0.705 bits per heavy atom. The first-order valence-electron chi connectivity index (χ1n) is 16.8. The lowest BCUT2D eigenvalue weighted by molar-refractivity contribution is -0.373. The number of ether oxygens (including phenoxy) is 7. The van der Waals surface area contributed by atoms with Gasteiger partial charge in [0, 0.05) is 31.2 Å². The molecule has 1 aromatic carbocycles. The highest BCUT2D eigenvalue weighted by Gasteiger charge is 2.52. The van der Waals surface area contributed by atoms with Crippen molar-refractivity contribution in [3.63, 3.8) is 0 Å². The minimum Gasteiger partial charge on any atom is -0.349 e. The first-order valence-corrected chi connectivity index (χ1v) is 20.1. The third kappa shape index (κ3) is 7.41. The molecule has 8 nitrogen and oxygen atoms in total. The van der Waals surface area contributed by atoms with Crippen LogP contribution in [0, 0.1) is 35.5 Å². The fourth-order valence-electron chi connectivity index (χ4n) is 7.41. The molecule has 0 aliphatic carbocycles. The Bertz CT molecular complexity index is 1030. The van der Waals surface area contributed by atoms with E-state index < -0.39 is 20.4 Å². The number of hydrogen-bond donors (Lipinski definition) is 0. The van der Waals surface area contributed by atoms with Gasteiger partial charge in [0.05, 0.1) is 31.0 Å². The zero-order chi connectivity index (χ0) is 31.7. The molecule has 0 spiro atoms. The third-order valence-electron chi connectivity index (χ3n) is 10.8. The summed E-state index contributed by atoms with van der Waals surface area (Å²) in [4.78, 5) is 0. The smallest absolute Gasteiger partial charge is 0.188 e. The summed E-state index contributed by atoms with van der Waals surface area (Å²) in [6, 6.07) is 10.1. The van der Waals surface area contributed by atoms with Crippen LogP contribution >= 0.6 is 16.8 Å². The average molecular weight is 655 g/mol. The lowest BCUT2D eigenvalue weighted by Gasteiger charge is -2.52. The fraction of sp³-hybridized carbons (Fsp3) is 0.824. The van der Waals surface area contributed by atoms with E-state index in [0.717, 1.165) is 18.4 Å². The molecule has 4 saturated heterocycles. The van der Waals surface area contributed by atoms with Gasteiger partial charge in [-0.2, -0.15) is 0 Å². The Kier molecular flexibility index (Phi) is 12.2. The van der Waals surface area contributed by atoms with Gasteiger partial charge in [-0.05, 0) is 37.3 Å². The minimum absolute atomic E-state index is 0.0191. The summed E-state index contributed by atoms with van der Waals surface area (Å²) in [5, 5.41) is 0. The number of fused-ring (bicyclic) bond motifs is 1. The van der Waals surface area contributed by atoms with Crippen molar-refractivity contribution in [1.82, 2.24) is 0 Å².